The third-order valence-corrected chi connectivity index (χ3v) is 3.49. The van der Waals surface area contributed by atoms with E-state index in [1.165, 1.54) is 0 Å². The van der Waals surface area contributed by atoms with Gasteiger partial charge >= 0.3 is 5.97 Å². The standard InChI is InChI=1S/C18H17N3O3/c1-23-10-12-5-4-6-13(9-12)18(22)24-11-16-20-15-8-3-2-7-14(15)17(19)21-16/h2-9H,10-11H2,1H3,(H2,19,20,21). The average molecular weight is 323 g/mol. The predicted octanol–water partition coefficient (Wildman–Crippen LogP) is 2.72. The van der Waals surface area contributed by atoms with Crippen LogP contribution < -0.4 is 5.73 Å². The number of hydrogen-bond acceptors (Lipinski definition) is 6. The van der Waals surface area contributed by atoms with Crippen molar-refractivity contribution in [2.24, 2.45) is 0 Å². The van der Waals surface area contributed by atoms with Crippen LogP contribution in [-0.2, 0) is 22.7 Å². The second kappa shape index (κ2) is 7.06. The van der Waals surface area contributed by atoms with E-state index in [2.05, 4.69) is 9.97 Å². The Labute approximate surface area is 139 Å². The Morgan fingerprint density at radius 1 is 1.08 bits per heavy atom. The summed E-state index contributed by atoms with van der Waals surface area (Å²) in [5, 5.41) is 0.778. The summed E-state index contributed by atoms with van der Waals surface area (Å²) in [6.07, 6.45) is 0. The molecule has 1 aromatic heterocycles. The van der Waals surface area contributed by atoms with E-state index in [1.807, 2.05) is 30.3 Å². The molecule has 3 rings (SSSR count). The Bertz CT molecular complexity index is 880. The Morgan fingerprint density at radius 3 is 2.75 bits per heavy atom. The van der Waals surface area contributed by atoms with Crippen LogP contribution in [0.3, 0.4) is 0 Å². The summed E-state index contributed by atoms with van der Waals surface area (Å²) >= 11 is 0. The molecule has 0 aliphatic heterocycles. The lowest BCUT2D eigenvalue weighted by atomic mass is 10.1. The molecule has 0 aliphatic rings. The number of nitrogens with two attached hydrogens (primary N) is 1. The quantitative estimate of drug-likeness (QED) is 0.726. The lowest BCUT2D eigenvalue weighted by molar-refractivity contribution is 0.0462. The first-order valence-electron chi connectivity index (χ1n) is 7.43. The summed E-state index contributed by atoms with van der Waals surface area (Å²) in [6, 6.07) is 14.5. The van der Waals surface area contributed by atoms with Crippen molar-refractivity contribution >= 4 is 22.7 Å². The number of nitrogens with zero attached hydrogens (tertiary/aromatic N) is 2. The van der Waals surface area contributed by atoms with Crippen LogP contribution in [-0.4, -0.2) is 23.0 Å². The number of methoxy groups -OCH3 is 1. The highest BCUT2D eigenvalue weighted by Gasteiger charge is 2.11. The first-order valence-corrected chi connectivity index (χ1v) is 7.43. The van der Waals surface area contributed by atoms with Crippen LogP contribution in [0.1, 0.15) is 21.7 Å². The van der Waals surface area contributed by atoms with Crippen molar-refractivity contribution < 1.29 is 14.3 Å². The van der Waals surface area contributed by atoms with Gasteiger partial charge < -0.3 is 15.2 Å². The van der Waals surface area contributed by atoms with Gasteiger partial charge in [0.25, 0.3) is 0 Å². The van der Waals surface area contributed by atoms with E-state index in [0.717, 1.165) is 16.5 Å². The van der Waals surface area contributed by atoms with Crippen LogP contribution in [0.25, 0.3) is 10.9 Å². The molecular weight excluding hydrogens is 306 g/mol. The fourth-order valence-corrected chi connectivity index (χ4v) is 2.38. The smallest absolute Gasteiger partial charge is 0.338 e. The molecule has 2 N–H and O–H groups in total. The van der Waals surface area contributed by atoms with Gasteiger partial charge in [-0.2, -0.15) is 0 Å². The summed E-state index contributed by atoms with van der Waals surface area (Å²) in [5.41, 5.74) is 8.00. The monoisotopic (exact) mass is 323 g/mol. The molecule has 0 bridgehead atoms. The Balaban J connectivity index is 1.73. The van der Waals surface area contributed by atoms with Gasteiger partial charge in [0.1, 0.15) is 5.82 Å². The molecular formula is C18H17N3O3. The maximum absolute atomic E-state index is 12.2. The first kappa shape index (κ1) is 15.9. The molecule has 1 heterocycles. The van der Waals surface area contributed by atoms with Gasteiger partial charge in [0, 0.05) is 12.5 Å². The van der Waals surface area contributed by atoms with Crippen molar-refractivity contribution in [2.45, 2.75) is 13.2 Å². The normalized spacial score (nSPS) is 10.7. The number of carbonyl (C=O) groups is 1. The zero-order valence-electron chi connectivity index (χ0n) is 13.2. The van der Waals surface area contributed by atoms with Crippen molar-refractivity contribution in [3.8, 4) is 0 Å². The van der Waals surface area contributed by atoms with E-state index in [1.54, 1.807) is 25.3 Å². The maximum Gasteiger partial charge on any atom is 0.338 e. The molecule has 0 amide bonds. The van der Waals surface area contributed by atoms with Crippen LogP contribution in [0.4, 0.5) is 5.82 Å². The second-order valence-corrected chi connectivity index (χ2v) is 5.25. The number of carbonyl (C=O) groups excluding carboxylic acids is 1. The minimum Gasteiger partial charge on any atom is -0.454 e. The molecule has 6 nitrogen and oxygen atoms in total. The van der Waals surface area contributed by atoms with Gasteiger partial charge in [-0.05, 0) is 29.8 Å². The van der Waals surface area contributed by atoms with Crippen molar-refractivity contribution in [3.63, 3.8) is 0 Å². The van der Waals surface area contributed by atoms with Crippen molar-refractivity contribution in [2.75, 3.05) is 12.8 Å². The number of aromatic nitrogens is 2. The summed E-state index contributed by atoms with van der Waals surface area (Å²) in [7, 11) is 1.60. The van der Waals surface area contributed by atoms with Crippen LogP contribution in [0.2, 0.25) is 0 Å². The van der Waals surface area contributed by atoms with Gasteiger partial charge in [-0.3, -0.25) is 0 Å². The van der Waals surface area contributed by atoms with Crippen molar-refractivity contribution in [3.05, 3.63) is 65.5 Å². The highest BCUT2D eigenvalue weighted by atomic mass is 16.5. The fraction of sp³-hybridized carbons (Fsp3) is 0.167. The largest absolute Gasteiger partial charge is 0.454 e. The van der Waals surface area contributed by atoms with Gasteiger partial charge in [0.15, 0.2) is 12.4 Å². The van der Waals surface area contributed by atoms with Crippen LogP contribution in [0, 0.1) is 0 Å². The number of rotatable bonds is 5. The second-order valence-electron chi connectivity index (χ2n) is 5.25. The summed E-state index contributed by atoms with van der Waals surface area (Å²) in [5.74, 6) is 0.296. The van der Waals surface area contributed by atoms with E-state index in [4.69, 9.17) is 15.2 Å². The Kier molecular flexibility index (Phi) is 4.67. The summed E-state index contributed by atoms with van der Waals surface area (Å²) in [6.45, 7) is 0.397. The molecule has 0 unspecified atom stereocenters. The topological polar surface area (TPSA) is 87.3 Å². The van der Waals surface area contributed by atoms with Crippen LogP contribution >= 0.6 is 0 Å². The van der Waals surface area contributed by atoms with Gasteiger partial charge in [-0.25, -0.2) is 14.8 Å². The van der Waals surface area contributed by atoms with E-state index in [0.29, 0.717) is 23.8 Å². The highest BCUT2D eigenvalue weighted by Crippen LogP contribution is 2.17. The van der Waals surface area contributed by atoms with Gasteiger partial charge in [-0.15, -0.1) is 0 Å². The molecule has 3 aromatic rings. The number of nitrogen functional groups attached to an aromatic ring is 1. The minimum absolute atomic E-state index is 0.0393. The van der Waals surface area contributed by atoms with E-state index in [9.17, 15) is 4.79 Å². The molecule has 2 aromatic carbocycles. The van der Waals surface area contributed by atoms with Gasteiger partial charge in [0.05, 0.1) is 17.7 Å². The molecule has 0 saturated heterocycles. The minimum atomic E-state index is -0.441. The molecule has 0 fully saturated rings. The average Bonchev–Trinajstić information content (AvgIpc) is 2.60. The number of esters is 1. The predicted molar refractivity (Wildman–Crippen MR) is 90.2 cm³/mol. The number of hydrogen-bond donors (Lipinski definition) is 1. The van der Waals surface area contributed by atoms with Gasteiger partial charge in [0.2, 0.25) is 0 Å². The van der Waals surface area contributed by atoms with Crippen LogP contribution in [0.15, 0.2) is 48.5 Å². The van der Waals surface area contributed by atoms with Crippen LogP contribution in [0.5, 0.6) is 0 Å². The maximum atomic E-state index is 12.2. The van der Waals surface area contributed by atoms with E-state index >= 15 is 0 Å². The number of anilines is 1. The third kappa shape index (κ3) is 3.49. The summed E-state index contributed by atoms with van der Waals surface area (Å²) < 4.78 is 10.4. The SMILES string of the molecule is COCc1cccc(C(=O)OCc2nc(N)c3ccccc3n2)c1. The molecule has 0 aliphatic carbocycles. The summed E-state index contributed by atoms with van der Waals surface area (Å²) in [4.78, 5) is 20.7. The van der Waals surface area contributed by atoms with E-state index < -0.39 is 5.97 Å². The molecule has 24 heavy (non-hydrogen) atoms. The highest BCUT2D eigenvalue weighted by molar-refractivity contribution is 5.90. The van der Waals surface area contributed by atoms with Crippen molar-refractivity contribution in [1.29, 1.82) is 0 Å². The number of benzene rings is 2. The number of para-hydroxylation sites is 1. The number of ether oxygens (including phenoxy) is 2. The Morgan fingerprint density at radius 2 is 1.92 bits per heavy atom. The zero-order chi connectivity index (χ0) is 16.9. The van der Waals surface area contributed by atoms with E-state index in [-0.39, 0.29) is 6.61 Å². The fourth-order valence-electron chi connectivity index (χ4n) is 2.38. The Hall–Kier alpha value is -2.99. The molecule has 6 heteroatoms. The molecule has 0 spiro atoms. The number of fused-ring (bicyclic) bond motifs is 1. The molecule has 0 atom stereocenters. The lowest BCUT2D eigenvalue weighted by Gasteiger charge is -2.07. The molecule has 0 saturated carbocycles. The van der Waals surface area contributed by atoms with Gasteiger partial charge in [-0.1, -0.05) is 24.3 Å². The zero-order valence-corrected chi connectivity index (χ0v) is 13.2. The molecule has 122 valence electrons. The van der Waals surface area contributed by atoms with Crippen molar-refractivity contribution in [1.82, 2.24) is 9.97 Å². The first-order chi connectivity index (χ1) is 11.7. The molecule has 0 radical (unpaired) electrons. The lowest BCUT2D eigenvalue weighted by Crippen LogP contribution is -2.09. The third-order valence-electron chi connectivity index (χ3n) is 3.49.